The van der Waals surface area contributed by atoms with E-state index in [0.717, 1.165) is 6.54 Å². The largest absolute Gasteiger partial charge is 0.444 e. The molecule has 1 heterocycles. The van der Waals surface area contributed by atoms with Gasteiger partial charge in [-0.15, -0.1) is 0 Å². The summed E-state index contributed by atoms with van der Waals surface area (Å²) in [5.41, 5.74) is 0. The third-order valence-corrected chi connectivity index (χ3v) is 4.43. The molecular weight excluding hydrogens is 242 g/mol. The Morgan fingerprint density at radius 2 is 2.00 bits per heavy atom. The number of nitrogens with zero attached hydrogens (tertiary/aromatic N) is 1. The highest BCUT2D eigenvalue weighted by molar-refractivity contribution is 5.69. The van der Waals surface area contributed by atoms with E-state index < -0.39 is 0 Å². The van der Waals surface area contributed by atoms with E-state index in [1.807, 2.05) is 18.7 Å². The van der Waals surface area contributed by atoms with E-state index in [-0.39, 0.29) is 24.2 Å². The molecule has 2 rings (SSSR count). The summed E-state index contributed by atoms with van der Waals surface area (Å²) in [6.07, 6.45) is 6.26. The Balaban J connectivity index is 1.78. The van der Waals surface area contributed by atoms with Gasteiger partial charge in [-0.1, -0.05) is 33.1 Å². The van der Waals surface area contributed by atoms with Gasteiger partial charge in [0, 0.05) is 13.0 Å². The summed E-state index contributed by atoms with van der Waals surface area (Å²) in [7, 11) is 0. The van der Waals surface area contributed by atoms with Crippen LogP contribution < -0.4 is 0 Å². The molecule has 1 saturated heterocycles. The quantitative estimate of drug-likeness (QED) is 0.835. The first-order valence-electron chi connectivity index (χ1n) is 7.70. The summed E-state index contributed by atoms with van der Waals surface area (Å²) in [5.74, 6) is 0.862. The highest BCUT2D eigenvalue weighted by Gasteiger charge is 2.34. The smallest absolute Gasteiger partial charge is 0.410 e. The van der Waals surface area contributed by atoms with Crippen molar-refractivity contribution in [3.63, 3.8) is 0 Å². The third kappa shape index (κ3) is 4.10. The van der Waals surface area contributed by atoms with Crippen molar-refractivity contribution >= 4 is 6.09 Å². The molecule has 0 unspecified atom stereocenters. The summed E-state index contributed by atoms with van der Waals surface area (Å²) in [6, 6.07) is 0. The van der Waals surface area contributed by atoms with E-state index >= 15 is 0 Å². The van der Waals surface area contributed by atoms with Crippen LogP contribution in [0.3, 0.4) is 0 Å². The molecule has 0 aromatic carbocycles. The average molecular weight is 269 g/mol. The number of carbonyl (C=O) groups excluding carboxylic acids is 1. The lowest BCUT2D eigenvalue weighted by Gasteiger charge is -2.25. The molecule has 2 fully saturated rings. The van der Waals surface area contributed by atoms with Crippen LogP contribution in [0, 0.1) is 11.8 Å². The van der Waals surface area contributed by atoms with E-state index in [1.165, 1.54) is 32.1 Å². The molecule has 4 heteroatoms. The Morgan fingerprint density at radius 1 is 1.32 bits per heavy atom. The highest BCUT2D eigenvalue weighted by Crippen LogP contribution is 2.27. The molecule has 0 aromatic heterocycles. The number of hydrogen-bond donors (Lipinski definition) is 1. The minimum Gasteiger partial charge on any atom is -0.444 e. The SMILES string of the molecule is CC(C)[C@@H](O)C[C@H]1CN(CC2CCCCC2)C(=O)O1. The summed E-state index contributed by atoms with van der Waals surface area (Å²) in [5, 5.41) is 9.87. The first kappa shape index (κ1) is 14.6. The van der Waals surface area contributed by atoms with Gasteiger partial charge in [0.15, 0.2) is 0 Å². The second-order valence-corrected chi connectivity index (χ2v) is 6.46. The van der Waals surface area contributed by atoms with Crippen LogP contribution in [0.5, 0.6) is 0 Å². The standard InChI is InChI=1S/C15H27NO3/c1-11(2)14(17)8-13-10-16(15(18)19-13)9-12-6-4-3-5-7-12/h11-14,17H,3-10H2,1-2H3/t13-,14-/m0/s1. The fraction of sp³-hybridized carbons (Fsp3) is 0.933. The number of aliphatic hydroxyl groups is 1. The van der Waals surface area contributed by atoms with Crippen LogP contribution in [0.25, 0.3) is 0 Å². The van der Waals surface area contributed by atoms with Gasteiger partial charge < -0.3 is 14.7 Å². The molecule has 0 bridgehead atoms. The molecule has 2 aliphatic rings. The van der Waals surface area contributed by atoms with Crippen LogP contribution in [-0.2, 0) is 4.74 Å². The summed E-state index contributed by atoms with van der Waals surface area (Å²) < 4.78 is 5.36. The monoisotopic (exact) mass is 269 g/mol. The van der Waals surface area contributed by atoms with Crippen molar-refractivity contribution in [2.24, 2.45) is 11.8 Å². The molecule has 0 spiro atoms. The second-order valence-electron chi connectivity index (χ2n) is 6.46. The van der Waals surface area contributed by atoms with E-state index in [1.54, 1.807) is 0 Å². The van der Waals surface area contributed by atoms with Crippen molar-refractivity contribution in [1.82, 2.24) is 4.90 Å². The molecule has 19 heavy (non-hydrogen) atoms. The maximum atomic E-state index is 11.8. The van der Waals surface area contributed by atoms with Crippen LogP contribution >= 0.6 is 0 Å². The molecule has 0 radical (unpaired) electrons. The van der Waals surface area contributed by atoms with E-state index in [9.17, 15) is 9.90 Å². The number of hydrogen-bond acceptors (Lipinski definition) is 3. The number of cyclic esters (lactones) is 1. The van der Waals surface area contributed by atoms with Gasteiger partial charge >= 0.3 is 6.09 Å². The molecule has 1 saturated carbocycles. The lowest BCUT2D eigenvalue weighted by atomic mass is 9.89. The normalized spacial score (nSPS) is 26.8. The Hall–Kier alpha value is -0.770. The molecule has 2 atom stereocenters. The average Bonchev–Trinajstić information content (AvgIpc) is 2.71. The van der Waals surface area contributed by atoms with Crippen LogP contribution in [0.4, 0.5) is 4.79 Å². The van der Waals surface area contributed by atoms with E-state index in [4.69, 9.17) is 4.74 Å². The zero-order valence-electron chi connectivity index (χ0n) is 12.2. The molecule has 1 amide bonds. The van der Waals surface area contributed by atoms with Gasteiger partial charge in [0.1, 0.15) is 6.10 Å². The molecule has 4 nitrogen and oxygen atoms in total. The molecule has 1 aliphatic carbocycles. The van der Waals surface area contributed by atoms with Crippen LogP contribution in [-0.4, -0.2) is 41.4 Å². The van der Waals surface area contributed by atoms with Crippen LogP contribution in [0.1, 0.15) is 52.4 Å². The minimum absolute atomic E-state index is 0.131. The summed E-state index contributed by atoms with van der Waals surface area (Å²) >= 11 is 0. The van der Waals surface area contributed by atoms with Crippen LogP contribution in [0.2, 0.25) is 0 Å². The van der Waals surface area contributed by atoms with Gasteiger partial charge in [-0.05, 0) is 24.7 Å². The van der Waals surface area contributed by atoms with Crippen molar-refractivity contribution in [3.8, 4) is 0 Å². The van der Waals surface area contributed by atoms with Gasteiger partial charge in [0.2, 0.25) is 0 Å². The van der Waals surface area contributed by atoms with E-state index in [2.05, 4.69) is 0 Å². The fourth-order valence-electron chi connectivity index (χ4n) is 3.07. The molecule has 1 N–H and O–H groups in total. The van der Waals surface area contributed by atoms with E-state index in [0.29, 0.717) is 18.9 Å². The number of ether oxygens (including phenoxy) is 1. The minimum atomic E-state index is -0.382. The lowest BCUT2D eigenvalue weighted by Crippen LogP contribution is -2.32. The summed E-state index contributed by atoms with van der Waals surface area (Å²) in [6.45, 7) is 5.47. The fourth-order valence-corrected chi connectivity index (χ4v) is 3.07. The zero-order chi connectivity index (χ0) is 13.8. The van der Waals surface area contributed by atoms with Gasteiger partial charge in [-0.25, -0.2) is 4.79 Å². The predicted molar refractivity (Wildman–Crippen MR) is 73.9 cm³/mol. The van der Waals surface area contributed by atoms with Crippen molar-refractivity contribution < 1.29 is 14.6 Å². The Bertz CT molecular complexity index is 300. The first-order chi connectivity index (χ1) is 9.06. The van der Waals surface area contributed by atoms with Crippen LogP contribution in [0.15, 0.2) is 0 Å². The van der Waals surface area contributed by atoms with Gasteiger partial charge in [-0.3, -0.25) is 0 Å². The van der Waals surface area contributed by atoms with Gasteiger partial charge in [0.05, 0.1) is 12.6 Å². The Kier molecular flexibility index (Phi) is 5.08. The van der Waals surface area contributed by atoms with Crippen molar-refractivity contribution in [2.45, 2.75) is 64.6 Å². The number of amides is 1. The maximum Gasteiger partial charge on any atom is 0.410 e. The lowest BCUT2D eigenvalue weighted by molar-refractivity contribution is 0.0598. The highest BCUT2D eigenvalue weighted by atomic mass is 16.6. The third-order valence-electron chi connectivity index (χ3n) is 4.43. The topological polar surface area (TPSA) is 49.8 Å². The molecule has 0 aromatic rings. The predicted octanol–water partition coefficient (Wildman–Crippen LogP) is 2.79. The van der Waals surface area contributed by atoms with Gasteiger partial charge in [-0.2, -0.15) is 0 Å². The Morgan fingerprint density at radius 3 is 2.63 bits per heavy atom. The maximum absolute atomic E-state index is 11.8. The summed E-state index contributed by atoms with van der Waals surface area (Å²) in [4.78, 5) is 13.7. The van der Waals surface area contributed by atoms with Crippen molar-refractivity contribution in [2.75, 3.05) is 13.1 Å². The van der Waals surface area contributed by atoms with Crippen molar-refractivity contribution in [3.05, 3.63) is 0 Å². The number of carbonyl (C=O) groups is 1. The van der Waals surface area contributed by atoms with Gasteiger partial charge in [0.25, 0.3) is 0 Å². The second kappa shape index (κ2) is 6.60. The van der Waals surface area contributed by atoms with Crippen molar-refractivity contribution in [1.29, 1.82) is 0 Å². The Labute approximate surface area is 116 Å². The zero-order valence-corrected chi connectivity index (χ0v) is 12.2. The molecular formula is C15H27NO3. The molecule has 1 aliphatic heterocycles. The number of aliphatic hydroxyl groups excluding tert-OH is 1. The number of rotatable bonds is 5. The first-order valence-corrected chi connectivity index (χ1v) is 7.70. The molecule has 110 valence electrons.